The molecule has 0 bridgehead atoms. The van der Waals surface area contributed by atoms with Gasteiger partial charge in [-0.25, -0.2) is 0 Å². The number of carbonyl (C=O) groups excluding carboxylic acids is 1. The highest BCUT2D eigenvalue weighted by molar-refractivity contribution is 5.76. The number of aliphatic hydroxyl groups excluding tert-OH is 8. The fourth-order valence-corrected chi connectivity index (χ4v) is 11.5. The van der Waals surface area contributed by atoms with Crippen molar-refractivity contribution in [3.8, 4) is 0 Å². The summed E-state index contributed by atoms with van der Waals surface area (Å²) in [5.41, 5.74) is 0. The first-order chi connectivity index (χ1) is 39.1. The maximum Gasteiger partial charge on any atom is 0.220 e. The molecule has 0 aromatic carbocycles. The van der Waals surface area contributed by atoms with Gasteiger partial charge < -0.3 is 65.1 Å². The SMILES string of the molecule is CCCCCCCC/C=C\CCCCCCCCCC(=O)NC(COC1OC(CO)C(OC2OC(CO)C(O)C(O)C2O)C(O)C1O)C(O)CCCCCCCCCCCCCCCCCCCCCCCCCCCCCCC. The Balaban J connectivity index is 1.66. The Labute approximate surface area is 488 Å². The first kappa shape index (κ1) is 74.8. The van der Waals surface area contributed by atoms with Crippen LogP contribution in [0.25, 0.3) is 0 Å². The van der Waals surface area contributed by atoms with Gasteiger partial charge in [-0.3, -0.25) is 4.79 Å². The lowest BCUT2D eigenvalue weighted by atomic mass is 9.97. The number of hydrogen-bond donors (Lipinski definition) is 9. The molecule has 0 aromatic heterocycles. The van der Waals surface area contributed by atoms with Crippen LogP contribution in [0.4, 0.5) is 0 Å². The largest absolute Gasteiger partial charge is 0.394 e. The lowest BCUT2D eigenvalue weighted by molar-refractivity contribution is -0.359. The van der Waals surface area contributed by atoms with Crippen molar-refractivity contribution in [2.75, 3.05) is 19.8 Å². The molecule has 474 valence electrons. The molecule has 12 unspecified atom stereocenters. The second-order valence-electron chi connectivity index (χ2n) is 24.3. The van der Waals surface area contributed by atoms with Gasteiger partial charge in [0.25, 0.3) is 0 Å². The van der Waals surface area contributed by atoms with E-state index >= 15 is 0 Å². The molecule has 0 aromatic rings. The molecule has 2 saturated heterocycles. The summed E-state index contributed by atoms with van der Waals surface area (Å²) in [6, 6.07) is -0.829. The Morgan fingerprint density at radius 2 is 0.787 bits per heavy atom. The molecule has 14 nitrogen and oxygen atoms in total. The molecule has 2 rings (SSSR count). The number of ether oxygens (including phenoxy) is 4. The van der Waals surface area contributed by atoms with Gasteiger partial charge in [0.15, 0.2) is 12.6 Å². The van der Waals surface area contributed by atoms with E-state index in [1.54, 1.807) is 0 Å². The second kappa shape index (κ2) is 52.1. The summed E-state index contributed by atoms with van der Waals surface area (Å²) in [5.74, 6) is -0.206. The number of allylic oxidation sites excluding steroid dienone is 2. The van der Waals surface area contributed by atoms with Gasteiger partial charge >= 0.3 is 0 Å². The van der Waals surface area contributed by atoms with Crippen LogP contribution in [-0.2, 0) is 23.7 Å². The van der Waals surface area contributed by atoms with Gasteiger partial charge in [-0.2, -0.15) is 0 Å². The van der Waals surface area contributed by atoms with E-state index < -0.39 is 86.8 Å². The summed E-state index contributed by atoms with van der Waals surface area (Å²) >= 11 is 0. The van der Waals surface area contributed by atoms with Gasteiger partial charge in [0.2, 0.25) is 5.91 Å². The Bertz CT molecular complexity index is 1390. The topological polar surface area (TPSA) is 228 Å². The van der Waals surface area contributed by atoms with Crippen molar-refractivity contribution in [3.63, 3.8) is 0 Å². The van der Waals surface area contributed by atoms with E-state index in [4.69, 9.17) is 18.9 Å². The van der Waals surface area contributed by atoms with E-state index in [-0.39, 0.29) is 12.5 Å². The third-order valence-corrected chi connectivity index (χ3v) is 17.0. The quantitative estimate of drug-likeness (QED) is 0.0204. The zero-order valence-electron chi connectivity index (χ0n) is 51.4. The number of aliphatic hydroxyl groups is 8. The molecule has 2 aliphatic rings. The van der Waals surface area contributed by atoms with E-state index in [1.807, 2.05) is 0 Å². The number of amides is 1. The molecule has 12 atom stereocenters. The van der Waals surface area contributed by atoms with Gasteiger partial charge in [-0.05, 0) is 38.5 Å². The summed E-state index contributed by atoms with van der Waals surface area (Å²) in [7, 11) is 0. The Hall–Kier alpha value is -1.27. The average Bonchev–Trinajstić information content (AvgIpc) is 3.49. The predicted octanol–water partition coefficient (Wildman–Crippen LogP) is 13.0. The molecular formula is C66H127NO13. The number of hydrogen-bond acceptors (Lipinski definition) is 13. The fraction of sp³-hybridized carbons (Fsp3) is 0.955. The van der Waals surface area contributed by atoms with E-state index in [1.165, 1.54) is 225 Å². The highest BCUT2D eigenvalue weighted by Gasteiger charge is 2.51. The Morgan fingerprint density at radius 1 is 0.438 bits per heavy atom. The van der Waals surface area contributed by atoms with E-state index in [0.717, 1.165) is 57.8 Å². The van der Waals surface area contributed by atoms with Crippen LogP contribution in [0.1, 0.15) is 309 Å². The molecule has 2 heterocycles. The van der Waals surface area contributed by atoms with Crippen molar-refractivity contribution in [2.45, 2.75) is 383 Å². The van der Waals surface area contributed by atoms with Crippen LogP contribution in [0, 0.1) is 0 Å². The van der Waals surface area contributed by atoms with Crippen LogP contribution < -0.4 is 5.32 Å². The smallest absolute Gasteiger partial charge is 0.220 e. The minimum atomic E-state index is -1.78. The molecule has 2 aliphatic heterocycles. The van der Waals surface area contributed by atoms with Crippen LogP contribution in [0.3, 0.4) is 0 Å². The van der Waals surface area contributed by atoms with E-state index in [2.05, 4.69) is 31.3 Å². The third-order valence-electron chi connectivity index (χ3n) is 17.0. The molecule has 0 saturated carbocycles. The fourth-order valence-electron chi connectivity index (χ4n) is 11.5. The molecule has 80 heavy (non-hydrogen) atoms. The minimum Gasteiger partial charge on any atom is -0.394 e. The number of rotatable bonds is 56. The summed E-state index contributed by atoms with van der Waals surface area (Å²) in [5, 5.41) is 87.5. The first-order valence-electron chi connectivity index (χ1n) is 33.9. The first-order valence-corrected chi connectivity index (χ1v) is 33.9. The Kier molecular flexibility index (Phi) is 48.7. The van der Waals surface area contributed by atoms with Crippen LogP contribution in [0.5, 0.6) is 0 Å². The van der Waals surface area contributed by atoms with Crippen molar-refractivity contribution in [3.05, 3.63) is 12.2 Å². The van der Waals surface area contributed by atoms with Gasteiger partial charge in [-0.1, -0.05) is 276 Å². The molecule has 0 radical (unpaired) electrons. The maximum atomic E-state index is 13.3. The maximum absolute atomic E-state index is 13.3. The van der Waals surface area contributed by atoms with Crippen molar-refractivity contribution < 1.29 is 64.6 Å². The van der Waals surface area contributed by atoms with Crippen molar-refractivity contribution >= 4 is 5.91 Å². The normalized spacial score (nSPS) is 24.2. The zero-order valence-corrected chi connectivity index (χ0v) is 51.4. The molecule has 0 aliphatic carbocycles. The summed E-state index contributed by atoms with van der Waals surface area (Å²) in [4.78, 5) is 13.3. The van der Waals surface area contributed by atoms with E-state index in [9.17, 15) is 45.6 Å². The average molecular weight is 1140 g/mol. The van der Waals surface area contributed by atoms with E-state index in [0.29, 0.717) is 12.8 Å². The zero-order chi connectivity index (χ0) is 58.1. The van der Waals surface area contributed by atoms with Crippen LogP contribution in [-0.4, -0.2) is 140 Å². The van der Waals surface area contributed by atoms with Gasteiger partial charge in [0.05, 0.1) is 32.0 Å². The standard InChI is InChI=1S/C66H127NO13/c1-3-5-7-9-11-13-15-17-19-21-22-23-24-25-26-27-28-29-30-31-32-34-35-37-39-41-43-45-47-49-55(70)54(67-58(71)50-48-46-44-42-40-38-36-33-20-18-16-14-12-10-8-6-4-2)53-77-65-63(76)61(74)64(57(52-69)79-65)80-66-62(75)60(73)59(72)56(51-68)78-66/h18,20,54-57,59-66,68-70,72-76H,3-17,19,21-53H2,1-2H3,(H,67,71)/b20-18-. The van der Waals surface area contributed by atoms with Crippen LogP contribution in [0.2, 0.25) is 0 Å². The minimum absolute atomic E-state index is 0.206. The molecule has 1 amide bonds. The number of unbranched alkanes of at least 4 members (excludes halogenated alkanes) is 41. The lowest BCUT2D eigenvalue weighted by Gasteiger charge is -2.46. The summed E-state index contributed by atoms with van der Waals surface area (Å²) in [6.07, 6.45) is 45.1. The summed E-state index contributed by atoms with van der Waals surface area (Å²) in [6.45, 7) is 2.90. The molecule has 14 heteroatoms. The molecule has 0 spiro atoms. The van der Waals surface area contributed by atoms with Crippen molar-refractivity contribution in [1.29, 1.82) is 0 Å². The predicted molar refractivity (Wildman–Crippen MR) is 323 cm³/mol. The summed E-state index contributed by atoms with van der Waals surface area (Å²) < 4.78 is 22.9. The van der Waals surface area contributed by atoms with Gasteiger partial charge in [-0.15, -0.1) is 0 Å². The highest BCUT2D eigenvalue weighted by Crippen LogP contribution is 2.30. The Morgan fingerprint density at radius 3 is 1.19 bits per heavy atom. The number of nitrogens with one attached hydrogen (secondary N) is 1. The third kappa shape index (κ3) is 36.5. The van der Waals surface area contributed by atoms with Crippen LogP contribution >= 0.6 is 0 Å². The molecular weight excluding hydrogens is 1010 g/mol. The molecule has 2 fully saturated rings. The second-order valence-corrected chi connectivity index (χ2v) is 24.3. The lowest BCUT2D eigenvalue weighted by Crippen LogP contribution is -2.65. The van der Waals surface area contributed by atoms with Crippen molar-refractivity contribution in [2.24, 2.45) is 0 Å². The van der Waals surface area contributed by atoms with Gasteiger partial charge in [0, 0.05) is 6.42 Å². The van der Waals surface area contributed by atoms with Crippen molar-refractivity contribution in [1.82, 2.24) is 5.32 Å². The molecule has 9 N–H and O–H groups in total. The highest BCUT2D eigenvalue weighted by atomic mass is 16.7. The number of carbonyl (C=O) groups is 1. The van der Waals surface area contributed by atoms with Crippen LogP contribution in [0.15, 0.2) is 12.2 Å². The monoisotopic (exact) mass is 1140 g/mol. The van der Waals surface area contributed by atoms with Gasteiger partial charge in [0.1, 0.15) is 48.8 Å².